The molecule has 5 aromatic carbocycles. The molecule has 9 rings (SSSR count). The van der Waals surface area contributed by atoms with Gasteiger partial charge in [-0.25, -0.2) is 4.79 Å². The Hall–Kier alpha value is -4.97. The van der Waals surface area contributed by atoms with E-state index >= 15 is 0 Å². The van der Waals surface area contributed by atoms with Gasteiger partial charge in [-0.2, -0.15) is 0 Å². The summed E-state index contributed by atoms with van der Waals surface area (Å²) in [6.07, 6.45) is 0. The standard InChI is InChI=1S/C45H37NO2S2/c1-25-28-21-19-26(23-33(28)41-39(44(25,2)3)31-15-9-11-17-36(31)49-41)38(29-13-7-8-14-30(29)43(47)48)27-20-22-35-34(24-27)42-40(45(4,5)46(35)6)32-16-10-12-18-37(32)50-42/h7-24H,1-6H3,(H,47,48)/b38-26-. The summed E-state index contributed by atoms with van der Waals surface area (Å²) in [5.74, 6) is -0.931. The molecule has 50 heavy (non-hydrogen) atoms. The van der Waals surface area contributed by atoms with Gasteiger partial charge in [-0.1, -0.05) is 92.2 Å². The molecule has 1 aliphatic carbocycles. The van der Waals surface area contributed by atoms with Gasteiger partial charge in [0.1, 0.15) is 0 Å². The zero-order valence-electron chi connectivity index (χ0n) is 29.0. The number of thiophene rings is 2. The maximum absolute atomic E-state index is 12.8. The SMILES string of the molecule is CC1=c2cc/c(=C(\c3ccc4c(c3)-c3sc5ccccc5c3C(C)(C)N4C)c3ccccc3C(=O)O)cc2-c2sc3ccccc3c2C1(C)C. The van der Waals surface area contributed by atoms with Gasteiger partial charge in [-0.05, 0) is 106 Å². The molecule has 2 aliphatic rings. The number of rotatable bonds is 3. The predicted molar refractivity (Wildman–Crippen MR) is 212 cm³/mol. The molecule has 0 unspecified atom stereocenters. The summed E-state index contributed by atoms with van der Waals surface area (Å²) >= 11 is 3.71. The summed E-state index contributed by atoms with van der Waals surface area (Å²) in [6.45, 7) is 11.6. The smallest absolute Gasteiger partial charge is 0.336 e. The Balaban J connectivity index is 1.38. The molecular formula is C45H37NO2S2. The molecule has 7 aromatic rings. The van der Waals surface area contributed by atoms with Crippen LogP contribution in [0.25, 0.3) is 52.2 Å². The van der Waals surface area contributed by atoms with Crippen LogP contribution < -0.4 is 15.3 Å². The van der Waals surface area contributed by atoms with Gasteiger partial charge in [0, 0.05) is 48.4 Å². The minimum absolute atomic E-state index is 0.119. The largest absolute Gasteiger partial charge is 0.478 e. The lowest BCUT2D eigenvalue weighted by atomic mass is 9.72. The highest BCUT2D eigenvalue weighted by Crippen LogP contribution is 2.54. The Bertz CT molecular complexity index is 2720. The van der Waals surface area contributed by atoms with Gasteiger partial charge < -0.3 is 10.0 Å². The van der Waals surface area contributed by atoms with Crippen LogP contribution in [-0.4, -0.2) is 18.1 Å². The van der Waals surface area contributed by atoms with E-state index in [1.165, 1.54) is 68.7 Å². The quantitative estimate of drug-likeness (QED) is 0.201. The molecular weight excluding hydrogens is 651 g/mol. The number of carboxylic acids is 1. The lowest BCUT2D eigenvalue weighted by Gasteiger charge is -2.43. The number of carbonyl (C=O) groups is 1. The Labute approximate surface area is 300 Å². The second-order valence-corrected chi connectivity index (χ2v) is 16.8. The van der Waals surface area contributed by atoms with Crippen molar-refractivity contribution >= 4 is 65.6 Å². The average Bonchev–Trinajstić information content (AvgIpc) is 3.71. The van der Waals surface area contributed by atoms with E-state index in [1.807, 2.05) is 40.9 Å². The lowest BCUT2D eigenvalue weighted by Crippen LogP contribution is -2.41. The van der Waals surface area contributed by atoms with E-state index in [9.17, 15) is 9.90 Å². The van der Waals surface area contributed by atoms with Crippen LogP contribution in [0.5, 0.6) is 0 Å². The molecule has 2 aromatic heterocycles. The van der Waals surface area contributed by atoms with Crippen molar-refractivity contribution in [1.82, 2.24) is 0 Å². The Kier molecular flexibility index (Phi) is 6.68. The second-order valence-electron chi connectivity index (χ2n) is 14.7. The molecule has 0 fully saturated rings. The second kappa shape index (κ2) is 10.8. The first-order valence-corrected chi connectivity index (χ1v) is 18.7. The molecule has 0 saturated heterocycles. The number of anilines is 1. The van der Waals surface area contributed by atoms with Crippen LogP contribution in [0.3, 0.4) is 0 Å². The minimum atomic E-state index is -0.931. The van der Waals surface area contributed by atoms with Crippen molar-refractivity contribution in [2.24, 2.45) is 0 Å². The van der Waals surface area contributed by atoms with Gasteiger partial charge in [-0.15, -0.1) is 22.7 Å². The van der Waals surface area contributed by atoms with Crippen LogP contribution in [0.2, 0.25) is 0 Å². The number of fused-ring (bicyclic) bond motifs is 10. The van der Waals surface area contributed by atoms with Crippen molar-refractivity contribution in [2.75, 3.05) is 11.9 Å². The first-order valence-electron chi connectivity index (χ1n) is 17.1. The fraction of sp³-hybridized carbons (Fsp3) is 0.178. The van der Waals surface area contributed by atoms with Crippen LogP contribution >= 0.6 is 22.7 Å². The Morgan fingerprint density at radius 2 is 1.28 bits per heavy atom. The number of carboxylic acid groups (broad SMARTS) is 1. The minimum Gasteiger partial charge on any atom is -0.478 e. The number of aromatic carboxylic acids is 1. The summed E-state index contributed by atoms with van der Waals surface area (Å²) in [4.78, 5) is 17.8. The van der Waals surface area contributed by atoms with Crippen molar-refractivity contribution in [3.63, 3.8) is 0 Å². The average molecular weight is 688 g/mol. The molecule has 3 nitrogen and oxygen atoms in total. The summed E-state index contributed by atoms with van der Waals surface area (Å²) < 4.78 is 2.57. The summed E-state index contributed by atoms with van der Waals surface area (Å²) in [6, 6.07) is 38.4. The molecule has 0 atom stereocenters. The monoisotopic (exact) mass is 687 g/mol. The van der Waals surface area contributed by atoms with E-state index in [4.69, 9.17) is 0 Å². The van der Waals surface area contributed by atoms with Gasteiger partial charge in [0.2, 0.25) is 0 Å². The Morgan fingerprint density at radius 3 is 1.96 bits per heavy atom. The van der Waals surface area contributed by atoms with Crippen LogP contribution in [0.1, 0.15) is 67.2 Å². The Morgan fingerprint density at radius 1 is 0.680 bits per heavy atom. The molecule has 246 valence electrons. The van der Waals surface area contributed by atoms with E-state index in [-0.39, 0.29) is 11.0 Å². The van der Waals surface area contributed by atoms with E-state index in [1.54, 1.807) is 6.07 Å². The number of hydrogen-bond acceptors (Lipinski definition) is 4. The molecule has 1 aliphatic heterocycles. The van der Waals surface area contributed by atoms with Crippen LogP contribution in [0.15, 0.2) is 109 Å². The first kappa shape index (κ1) is 31.0. The molecule has 0 amide bonds. The first-order chi connectivity index (χ1) is 24.0. The van der Waals surface area contributed by atoms with E-state index in [0.29, 0.717) is 5.56 Å². The summed E-state index contributed by atoms with van der Waals surface area (Å²) in [5, 5.41) is 15.4. The van der Waals surface area contributed by atoms with Crippen LogP contribution in [0.4, 0.5) is 5.69 Å². The third-order valence-corrected chi connectivity index (χ3v) is 13.9. The predicted octanol–water partition coefficient (Wildman–Crippen LogP) is 10.5. The van der Waals surface area contributed by atoms with Crippen molar-refractivity contribution in [2.45, 2.75) is 45.6 Å². The molecule has 1 N–H and O–H groups in total. The maximum atomic E-state index is 12.8. The van der Waals surface area contributed by atoms with E-state index in [0.717, 1.165) is 21.9 Å². The molecule has 0 bridgehead atoms. The lowest BCUT2D eigenvalue weighted by molar-refractivity contribution is 0.0696. The topological polar surface area (TPSA) is 40.5 Å². The van der Waals surface area contributed by atoms with Crippen molar-refractivity contribution < 1.29 is 9.90 Å². The van der Waals surface area contributed by atoms with Gasteiger partial charge in [0.25, 0.3) is 0 Å². The van der Waals surface area contributed by atoms with E-state index < -0.39 is 5.97 Å². The maximum Gasteiger partial charge on any atom is 0.336 e. The van der Waals surface area contributed by atoms with Crippen LogP contribution in [0, 0.1) is 0 Å². The highest BCUT2D eigenvalue weighted by Gasteiger charge is 2.39. The zero-order valence-corrected chi connectivity index (χ0v) is 30.6. The number of nitrogens with zero attached hydrogens (tertiary/aromatic N) is 1. The van der Waals surface area contributed by atoms with Crippen molar-refractivity contribution in [1.29, 1.82) is 0 Å². The molecule has 0 spiro atoms. The zero-order chi connectivity index (χ0) is 34.7. The molecule has 0 saturated carbocycles. The number of benzene rings is 5. The highest BCUT2D eigenvalue weighted by atomic mass is 32.1. The summed E-state index contributed by atoms with van der Waals surface area (Å²) in [7, 11) is 2.19. The number of hydrogen-bond donors (Lipinski definition) is 1. The van der Waals surface area contributed by atoms with E-state index in [2.05, 4.69) is 131 Å². The van der Waals surface area contributed by atoms with Gasteiger partial charge in [0.15, 0.2) is 0 Å². The van der Waals surface area contributed by atoms with Gasteiger partial charge >= 0.3 is 5.97 Å². The third kappa shape index (κ3) is 4.23. The molecule has 0 radical (unpaired) electrons. The normalized spacial score (nSPS) is 16.1. The highest BCUT2D eigenvalue weighted by molar-refractivity contribution is 7.23. The van der Waals surface area contributed by atoms with Crippen molar-refractivity contribution in [3.05, 3.63) is 147 Å². The van der Waals surface area contributed by atoms with Gasteiger partial charge in [-0.3, -0.25) is 0 Å². The third-order valence-electron chi connectivity index (χ3n) is 11.5. The fourth-order valence-electron chi connectivity index (χ4n) is 8.44. The molecule has 3 heterocycles. The summed E-state index contributed by atoms with van der Waals surface area (Å²) in [5.41, 5.74) is 10.3. The molecule has 5 heteroatoms. The van der Waals surface area contributed by atoms with Gasteiger partial charge in [0.05, 0.1) is 11.1 Å². The van der Waals surface area contributed by atoms with Crippen LogP contribution in [-0.2, 0) is 11.0 Å². The fourth-order valence-corrected chi connectivity index (χ4v) is 11.2. The van der Waals surface area contributed by atoms with Crippen molar-refractivity contribution in [3.8, 4) is 20.9 Å².